The summed E-state index contributed by atoms with van der Waals surface area (Å²) in [4.78, 5) is 17.5. The standard InChI is InChI=1S/C15H22N2OS/c1-15(2,3)14-16-8-11(19-14)13(18)17-12(9-4-5-9)10-6-7-10/h8-10,12H,4-7H2,1-3H3,(H,17,18). The smallest absolute Gasteiger partial charge is 0.263 e. The molecule has 4 heteroatoms. The molecule has 0 atom stereocenters. The number of rotatable bonds is 4. The number of hydrogen-bond acceptors (Lipinski definition) is 3. The molecule has 0 bridgehead atoms. The molecule has 1 amide bonds. The van der Waals surface area contributed by atoms with Crippen LogP contribution in [0.4, 0.5) is 0 Å². The molecule has 2 aliphatic rings. The fourth-order valence-electron chi connectivity index (χ4n) is 2.48. The first kappa shape index (κ1) is 13.1. The van der Waals surface area contributed by atoms with Crippen LogP contribution >= 0.6 is 11.3 Å². The highest BCUT2D eigenvalue weighted by Crippen LogP contribution is 2.44. The molecule has 1 heterocycles. The quantitative estimate of drug-likeness (QED) is 0.917. The molecule has 2 saturated carbocycles. The Morgan fingerprint density at radius 2 is 1.89 bits per heavy atom. The first-order valence-electron chi connectivity index (χ1n) is 7.22. The summed E-state index contributed by atoms with van der Waals surface area (Å²) in [6.07, 6.45) is 6.89. The van der Waals surface area contributed by atoms with Crippen LogP contribution < -0.4 is 5.32 Å². The Bertz CT molecular complexity index is 469. The summed E-state index contributed by atoms with van der Waals surface area (Å²) in [5.74, 6) is 1.56. The summed E-state index contributed by atoms with van der Waals surface area (Å²) in [5.41, 5.74) is 0.0234. The van der Waals surface area contributed by atoms with Crippen LogP contribution in [-0.4, -0.2) is 16.9 Å². The Morgan fingerprint density at radius 1 is 1.32 bits per heavy atom. The van der Waals surface area contributed by atoms with Crippen LogP contribution in [0.3, 0.4) is 0 Å². The highest BCUT2D eigenvalue weighted by atomic mass is 32.1. The van der Waals surface area contributed by atoms with E-state index >= 15 is 0 Å². The SMILES string of the molecule is CC(C)(C)c1ncc(C(=O)NC(C2CC2)C2CC2)s1. The molecular formula is C15H22N2OS. The van der Waals surface area contributed by atoms with Crippen LogP contribution in [0.25, 0.3) is 0 Å². The van der Waals surface area contributed by atoms with Crippen molar-refractivity contribution < 1.29 is 4.79 Å². The van der Waals surface area contributed by atoms with Gasteiger partial charge in [0.2, 0.25) is 0 Å². The van der Waals surface area contributed by atoms with Gasteiger partial charge >= 0.3 is 0 Å². The maximum Gasteiger partial charge on any atom is 0.263 e. The zero-order valence-electron chi connectivity index (χ0n) is 11.9. The van der Waals surface area contributed by atoms with Gasteiger partial charge in [0.05, 0.1) is 11.2 Å². The van der Waals surface area contributed by atoms with E-state index in [1.165, 1.54) is 37.0 Å². The molecule has 3 nitrogen and oxygen atoms in total. The van der Waals surface area contributed by atoms with Crippen LogP contribution in [0.5, 0.6) is 0 Å². The van der Waals surface area contributed by atoms with Crippen molar-refractivity contribution in [2.24, 2.45) is 11.8 Å². The molecule has 3 rings (SSSR count). The Morgan fingerprint density at radius 3 is 2.32 bits per heavy atom. The van der Waals surface area contributed by atoms with Gasteiger partial charge in [-0.25, -0.2) is 4.98 Å². The zero-order valence-corrected chi connectivity index (χ0v) is 12.7. The molecule has 0 spiro atoms. The first-order chi connectivity index (χ1) is 8.95. The van der Waals surface area contributed by atoms with E-state index in [2.05, 4.69) is 31.1 Å². The second-order valence-corrected chi connectivity index (χ2v) is 7.98. The first-order valence-corrected chi connectivity index (χ1v) is 8.04. The van der Waals surface area contributed by atoms with Crippen molar-refractivity contribution >= 4 is 17.2 Å². The van der Waals surface area contributed by atoms with Gasteiger partial charge in [0, 0.05) is 11.5 Å². The van der Waals surface area contributed by atoms with Crippen LogP contribution in [0, 0.1) is 11.8 Å². The number of carbonyl (C=O) groups excluding carboxylic acids is 1. The minimum atomic E-state index is 0.0234. The molecule has 0 saturated heterocycles. The van der Waals surface area contributed by atoms with Crippen LogP contribution in [0.1, 0.15) is 61.1 Å². The average Bonchev–Trinajstić information content (AvgIpc) is 3.23. The Kier molecular flexibility index (Phi) is 3.16. The van der Waals surface area contributed by atoms with Crippen molar-refractivity contribution in [3.63, 3.8) is 0 Å². The van der Waals surface area contributed by atoms with Crippen LogP contribution in [0.15, 0.2) is 6.20 Å². The molecule has 1 N–H and O–H groups in total. The third kappa shape index (κ3) is 2.99. The van der Waals surface area contributed by atoms with Crippen molar-refractivity contribution in [1.82, 2.24) is 10.3 Å². The van der Waals surface area contributed by atoms with Gasteiger partial charge in [0.25, 0.3) is 5.91 Å². The number of aromatic nitrogens is 1. The summed E-state index contributed by atoms with van der Waals surface area (Å²) < 4.78 is 0. The number of carbonyl (C=O) groups is 1. The van der Waals surface area contributed by atoms with Crippen molar-refractivity contribution in [1.29, 1.82) is 0 Å². The van der Waals surface area contributed by atoms with Crippen molar-refractivity contribution in [2.45, 2.75) is 57.9 Å². The number of hydrogen-bond donors (Lipinski definition) is 1. The highest BCUT2D eigenvalue weighted by molar-refractivity contribution is 7.13. The lowest BCUT2D eigenvalue weighted by molar-refractivity contribution is 0.0930. The van der Waals surface area contributed by atoms with E-state index in [4.69, 9.17) is 0 Å². The van der Waals surface area contributed by atoms with E-state index in [1.54, 1.807) is 6.20 Å². The monoisotopic (exact) mass is 278 g/mol. The van der Waals surface area contributed by atoms with Crippen molar-refractivity contribution in [3.05, 3.63) is 16.1 Å². The van der Waals surface area contributed by atoms with Gasteiger partial charge in [-0.3, -0.25) is 4.79 Å². The number of thiazole rings is 1. The number of amides is 1. The van der Waals surface area contributed by atoms with Gasteiger partial charge < -0.3 is 5.32 Å². The van der Waals surface area contributed by atoms with Crippen molar-refractivity contribution in [2.75, 3.05) is 0 Å². The number of nitrogens with zero attached hydrogens (tertiary/aromatic N) is 1. The summed E-state index contributed by atoms with van der Waals surface area (Å²) in [5, 5.41) is 4.29. The van der Waals surface area contributed by atoms with E-state index in [9.17, 15) is 4.79 Å². The maximum absolute atomic E-state index is 12.3. The largest absolute Gasteiger partial charge is 0.348 e. The molecule has 0 radical (unpaired) electrons. The van der Waals surface area contributed by atoms with Crippen LogP contribution in [0.2, 0.25) is 0 Å². The highest BCUT2D eigenvalue weighted by Gasteiger charge is 2.42. The van der Waals surface area contributed by atoms with Gasteiger partial charge in [0.1, 0.15) is 4.88 Å². The molecule has 19 heavy (non-hydrogen) atoms. The topological polar surface area (TPSA) is 42.0 Å². The fourth-order valence-corrected chi connectivity index (χ4v) is 3.36. The molecule has 2 aliphatic carbocycles. The van der Waals surface area contributed by atoms with E-state index in [0.29, 0.717) is 6.04 Å². The summed E-state index contributed by atoms with van der Waals surface area (Å²) >= 11 is 1.53. The minimum absolute atomic E-state index is 0.0234. The van der Waals surface area contributed by atoms with Crippen molar-refractivity contribution in [3.8, 4) is 0 Å². The predicted molar refractivity (Wildman–Crippen MR) is 77.5 cm³/mol. The summed E-state index contributed by atoms with van der Waals surface area (Å²) in [6, 6.07) is 0.424. The minimum Gasteiger partial charge on any atom is -0.348 e. The fraction of sp³-hybridized carbons (Fsp3) is 0.733. The summed E-state index contributed by atoms with van der Waals surface area (Å²) in [6.45, 7) is 6.39. The van der Waals surface area contributed by atoms with E-state index in [-0.39, 0.29) is 11.3 Å². The summed E-state index contributed by atoms with van der Waals surface area (Å²) in [7, 11) is 0. The molecule has 1 aromatic rings. The Hall–Kier alpha value is -0.900. The molecule has 104 valence electrons. The van der Waals surface area contributed by atoms with Gasteiger partial charge in [-0.2, -0.15) is 0 Å². The normalized spacial score (nSPS) is 19.8. The number of nitrogens with one attached hydrogen (secondary N) is 1. The lowest BCUT2D eigenvalue weighted by atomic mass is 9.98. The molecular weight excluding hydrogens is 256 g/mol. The second kappa shape index (κ2) is 4.58. The third-order valence-corrected chi connectivity index (χ3v) is 5.35. The van der Waals surface area contributed by atoms with E-state index < -0.39 is 0 Å². The average molecular weight is 278 g/mol. The molecule has 0 aliphatic heterocycles. The van der Waals surface area contributed by atoms with E-state index in [1.807, 2.05) is 0 Å². The Labute approximate surface area is 118 Å². The van der Waals surface area contributed by atoms with Gasteiger partial charge in [0.15, 0.2) is 0 Å². The Balaban J connectivity index is 1.67. The second-order valence-electron chi connectivity index (χ2n) is 6.95. The predicted octanol–water partition coefficient (Wildman–Crippen LogP) is 3.36. The van der Waals surface area contributed by atoms with Gasteiger partial charge in [-0.1, -0.05) is 20.8 Å². The maximum atomic E-state index is 12.3. The lowest BCUT2D eigenvalue weighted by Crippen LogP contribution is -2.37. The molecule has 0 aromatic carbocycles. The lowest BCUT2D eigenvalue weighted by Gasteiger charge is -2.17. The third-order valence-electron chi connectivity index (χ3n) is 3.93. The molecule has 0 unspecified atom stereocenters. The van der Waals surface area contributed by atoms with Crippen LogP contribution in [-0.2, 0) is 5.41 Å². The van der Waals surface area contributed by atoms with Gasteiger partial charge in [-0.15, -0.1) is 11.3 Å². The molecule has 1 aromatic heterocycles. The zero-order chi connectivity index (χ0) is 13.6. The molecule has 2 fully saturated rings. The van der Waals surface area contributed by atoms with E-state index in [0.717, 1.165) is 21.7 Å². The van der Waals surface area contributed by atoms with Gasteiger partial charge in [-0.05, 0) is 37.5 Å².